The van der Waals surface area contributed by atoms with Gasteiger partial charge in [0.25, 0.3) is 0 Å². The van der Waals surface area contributed by atoms with Crippen molar-refractivity contribution < 1.29 is 0 Å². The number of hydrogen-bond donors (Lipinski definition) is 2. The molecule has 1 aromatic rings. The highest BCUT2D eigenvalue weighted by atomic mass is 32.2. The van der Waals surface area contributed by atoms with Crippen LogP contribution in [0, 0.1) is 17.2 Å². The summed E-state index contributed by atoms with van der Waals surface area (Å²) < 4.78 is 0. The minimum absolute atomic E-state index is 0.0920. The van der Waals surface area contributed by atoms with Crippen LogP contribution in [-0.4, -0.2) is 5.84 Å². The van der Waals surface area contributed by atoms with Gasteiger partial charge < -0.3 is 5.73 Å². The lowest BCUT2D eigenvalue weighted by atomic mass is 10.0. The van der Waals surface area contributed by atoms with Gasteiger partial charge in [0.05, 0.1) is 4.91 Å². The van der Waals surface area contributed by atoms with Crippen molar-refractivity contribution in [1.29, 1.82) is 5.41 Å². The molecule has 29 heavy (non-hydrogen) atoms. The van der Waals surface area contributed by atoms with E-state index in [4.69, 9.17) is 11.1 Å². The van der Waals surface area contributed by atoms with Gasteiger partial charge in [-0.05, 0) is 43.4 Å². The van der Waals surface area contributed by atoms with Crippen molar-refractivity contribution in [1.82, 2.24) is 0 Å². The van der Waals surface area contributed by atoms with Crippen molar-refractivity contribution in [3.05, 3.63) is 53.0 Å². The Balaban J connectivity index is 0.000000494. The molecule has 2 nitrogen and oxygen atoms in total. The van der Waals surface area contributed by atoms with Crippen LogP contribution in [0.3, 0.4) is 0 Å². The van der Waals surface area contributed by atoms with E-state index in [0.717, 1.165) is 32.8 Å². The van der Waals surface area contributed by atoms with Gasteiger partial charge >= 0.3 is 0 Å². The molecule has 0 saturated heterocycles. The fraction of sp³-hybridized carbons (Fsp3) is 0.577. The zero-order valence-corrected chi connectivity index (χ0v) is 20.5. The monoisotopic (exact) mass is 416 g/mol. The largest absolute Gasteiger partial charge is 0.383 e. The summed E-state index contributed by atoms with van der Waals surface area (Å²) in [7, 11) is 0. The van der Waals surface area contributed by atoms with Crippen LogP contribution in [0.2, 0.25) is 0 Å². The zero-order valence-electron chi connectivity index (χ0n) is 19.7. The molecule has 0 aliphatic heterocycles. The summed E-state index contributed by atoms with van der Waals surface area (Å²) in [6, 6.07) is 9.90. The summed E-state index contributed by atoms with van der Waals surface area (Å²) in [4.78, 5) is 1.85. The summed E-state index contributed by atoms with van der Waals surface area (Å²) in [5.74, 6) is 2.09. The summed E-state index contributed by atoms with van der Waals surface area (Å²) in [5.41, 5.74) is 7.50. The van der Waals surface area contributed by atoms with Crippen LogP contribution in [-0.2, 0) is 0 Å². The average molecular weight is 417 g/mol. The van der Waals surface area contributed by atoms with Gasteiger partial charge in [-0.1, -0.05) is 115 Å². The third kappa shape index (κ3) is 13.4. The van der Waals surface area contributed by atoms with Gasteiger partial charge in [-0.3, -0.25) is 5.41 Å². The molecule has 0 spiro atoms. The molecule has 0 bridgehead atoms. The lowest BCUT2D eigenvalue weighted by molar-refractivity contribution is 0.509. The third-order valence-corrected chi connectivity index (χ3v) is 6.55. The van der Waals surface area contributed by atoms with E-state index in [1.54, 1.807) is 0 Å². The Morgan fingerprint density at radius 2 is 1.72 bits per heavy atom. The molecule has 1 fully saturated rings. The molecule has 1 unspecified atom stereocenters. The van der Waals surface area contributed by atoms with E-state index in [1.807, 2.05) is 44.2 Å². The molecule has 1 saturated carbocycles. The molecule has 0 aromatic heterocycles. The van der Waals surface area contributed by atoms with E-state index in [0.29, 0.717) is 0 Å². The van der Waals surface area contributed by atoms with Crippen LogP contribution < -0.4 is 5.73 Å². The molecule has 2 rings (SSSR count). The summed E-state index contributed by atoms with van der Waals surface area (Å²) in [6.07, 6.45) is 10.0. The van der Waals surface area contributed by atoms with Crippen LogP contribution in [0.5, 0.6) is 0 Å². The van der Waals surface area contributed by atoms with Crippen LogP contribution in [0.1, 0.15) is 86.5 Å². The number of nitrogens with one attached hydrogen (secondary N) is 1. The van der Waals surface area contributed by atoms with Crippen molar-refractivity contribution in [2.45, 2.75) is 91.4 Å². The number of benzene rings is 1. The fourth-order valence-electron chi connectivity index (χ4n) is 2.96. The third-order valence-electron chi connectivity index (χ3n) is 5.31. The number of hydrogen-bond acceptors (Lipinski definition) is 2. The molecule has 1 aromatic carbocycles. The van der Waals surface area contributed by atoms with E-state index in [9.17, 15) is 0 Å². The van der Waals surface area contributed by atoms with Gasteiger partial charge in [0, 0.05) is 4.90 Å². The second kappa shape index (κ2) is 16.3. The summed E-state index contributed by atoms with van der Waals surface area (Å²) >= 11 is 1.50. The number of thioether (sulfide) groups is 1. The van der Waals surface area contributed by atoms with Gasteiger partial charge in [0.15, 0.2) is 0 Å². The number of amidine groups is 1. The van der Waals surface area contributed by atoms with E-state index in [-0.39, 0.29) is 5.84 Å². The first kappa shape index (κ1) is 27.5. The lowest BCUT2D eigenvalue weighted by Crippen LogP contribution is -2.12. The van der Waals surface area contributed by atoms with Gasteiger partial charge in [-0.15, -0.1) is 0 Å². The second-order valence-corrected chi connectivity index (χ2v) is 9.34. The fourth-order valence-corrected chi connectivity index (χ4v) is 3.93. The van der Waals surface area contributed by atoms with E-state index >= 15 is 0 Å². The van der Waals surface area contributed by atoms with Crippen LogP contribution in [0.25, 0.3) is 0 Å². The summed E-state index contributed by atoms with van der Waals surface area (Å²) in [6.45, 7) is 16.9. The minimum Gasteiger partial charge on any atom is -0.383 e. The molecule has 0 radical (unpaired) electrons. The first-order valence-electron chi connectivity index (χ1n) is 11.2. The van der Waals surface area contributed by atoms with Crippen molar-refractivity contribution in [2.24, 2.45) is 17.6 Å². The zero-order chi connectivity index (χ0) is 22.2. The van der Waals surface area contributed by atoms with Crippen molar-refractivity contribution in [3.8, 4) is 0 Å². The Labute approximate surface area is 185 Å². The highest BCUT2D eigenvalue weighted by molar-refractivity contribution is 8.04. The Kier molecular flexibility index (Phi) is 15.5. The van der Waals surface area contributed by atoms with Crippen molar-refractivity contribution in [3.63, 3.8) is 0 Å². The van der Waals surface area contributed by atoms with Gasteiger partial charge in [-0.2, -0.15) is 0 Å². The van der Waals surface area contributed by atoms with E-state index in [2.05, 4.69) is 34.3 Å². The smallest absolute Gasteiger partial charge is 0.129 e. The maximum atomic E-state index is 7.58. The van der Waals surface area contributed by atoms with Crippen LogP contribution in [0.15, 0.2) is 57.9 Å². The first-order chi connectivity index (χ1) is 13.7. The normalized spacial score (nSPS) is 15.2. The topological polar surface area (TPSA) is 49.9 Å². The lowest BCUT2D eigenvalue weighted by Gasteiger charge is -2.10. The van der Waals surface area contributed by atoms with Crippen molar-refractivity contribution in [2.75, 3.05) is 0 Å². The summed E-state index contributed by atoms with van der Waals surface area (Å²) in [5, 5.41) is 7.58. The molecule has 3 N–H and O–H groups in total. The van der Waals surface area contributed by atoms with Gasteiger partial charge in [0.1, 0.15) is 5.84 Å². The van der Waals surface area contributed by atoms with Crippen LogP contribution >= 0.6 is 11.8 Å². The van der Waals surface area contributed by atoms with Gasteiger partial charge in [0.2, 0.25) is 0 Å². The number of nitrogens with two attached hydrogens (primary N) is 1. The Hall–Kier alpha value is -1.48. The molecule has 0 heterocycles. The molecular formula is C26H44N2S. The standard InChI is InChI=1S/C13H16N2S.C7H16.C6H12/c1-9(2)10(3)12(13(14)15)16-11-7-5-4-6-8-11;1-4-6-7(3)5-2;1-6-4-2-3-5-6/h4-8H,1H2,2-3H3,(H3,14,15);7H,4-6H2,1-3H3;6H,2-5H2,1H3/b12-10-;;. The maximum Gasteiger partial charge on any atom is 0.129 e. The molecule has 1 aliphatic rings. The molecule has 1 aliphatic carbocycles. The first-order valence-corrected chi connectivity index (χ1v) is 12.0. The predicted octanol–water partition coefficient (Wildman–Crippen LogP) is 8.59. The average Bonchev–Trinajstić information content (AvgIpc) is 3.18. The Morgan fingerprint density at radius 1 is 1.17 bits per heavy atom. The van der Waals surface area contributed by atoms with E-state index in [1.165, 1.54) is 56.7 Å². The molecule has 164 valence electrons. The molecule has 1 atom stereocenters. The Bertz CT molecular complexity index is 613. The second-order valence-electron chi connectivity index (χ2n) is 8.25. The SMILES string of the molecule is C=C(C)/C(C)=C(\Sc1ccccc1)C(=N)N.CC1CCCC1.CCCC(C)CC. The van der Waals surface area contributed by atoms with Crippen LogP contribution in [0.4, 0.5) is 0 Å². The maximum absolute atomic E-state index is 7.58. The predicted molar refractivity (Wildman–Crippen MR) is 134 cm³/mol. The van der Waals surface area contributed by atoms with E-state index < -0.39 is 0 Å². The highest BCUT2D eigenvalue weighted by Gasteiger charge is 2.09. The number of allylic oxidation sites excluding steroid dienone is 2. The molecule has 0 amide bonds. The quantitative estimate of drug-likeness (QED) is 0.202. The molecular weight excluding hydrogens is 372 g/mol. The minimum atomic E-state index is 0.0920. The molecule has 3 heteroatoms. The van der Waals surface area contributed by atoms with Crippen molar-refractivity contribution >= 4 is 17.6 Å². The highest BCUT2D eigenvalue weighted by Crippen LogP contribution is 2.30. The van der Waals surface area contributed by atoms with Gasteiger partial charge in [-0.25, -0.2) is 0 Å². The number of rotatable bonds is 7. The Morgan fingerprint density at radius 3 is 2.03 bits per heavy atom.